The van der Waals surface area contributed by atoms with E-state index in [2.05, 4.69) is 39.0 Å². The molecule has 19 heavy (non-hydrogen) atoms. The van der Waals surface area contributed by atoms with Crippen molar-refractivity contribution in [3.05, 3.63) is 29.8 Å². The predicted molar refractivity (Wildman–Crippen MR) is 80.4 cm³/mol. The molecule has 1 aromatic rings. The quantitative estimate of drug-likeness (QED) is 0.898. The number of methoxy groups -OCH3 is 1. The van der Waals surface area contributed by atoms with Gasteiger partial charge in [0.05, 0.1) is 7.11 Å². The Hall–Kier alpha value is -1.02. The molecule has 1 fully saturated rings. The smallest absolute Gasteiger partial charge is 0.119 e. The van der Waals surface area contributed by atoms with E-state index in [4.69, 9.17) is 10.5 Å². The molecule has 1 aromatic carbocycles. The van der Waals surface area contributed by atoms with Gasteiger partial charge in [0.1, 0.15) is 5.75 Å². The summed E-state index contributed by atoms with van der Waals surface area (Å²) in [6.07, 6.45) is 4.44. The minimum absolute atomic E-state index is 0.0759. The molecule has 0 radical (unpaired) electrons. The summed E-state index contributed by atoms with van der Waals surface area (Å²) in [4.78, 5) is 0. The number of nitrogens with two attached hydrogens (primary N) is 1. The Kier molecular flexibility index (Phi) is 3.91. The van der Waals surface area contributed by atoms with Gasteiger partial charge in [-0.1, -0.05) is 32.9 Å². The van der Waals surface area contributed by atoms with Gasteiger partial charge in [0.2, 0.25) is 0 Å². The van der Waals surface area contributed by atoms with Crippen LogP contribution >= 0.6 is 0 Å². The molecule has 1 aliphatic carbocycles. The lowest BCUT2D eigenvalue weighted by Gasteiger charge is -2.46. The molecule has 0 aromatic heterocycles. The molecule has 2 N–H and O–H groups in total. The van der Waals surface area contributed by atoms with Crippen molar-refractivity contribution < 1.29 is 4.74 Å². The molecule has 0 saturated heterocycles. The van der Waals surface area contributed by atoms with Crippen molar-refractivity contribution in [1.82, 2.24) is 0 Å². The first kappa shape index (κ1) is 14.4. The highest BCUT2D eigenvalue weighted by atomic mass is 16.5. The van der Waals surface area contributed by atoms with Gasteiger partial charge in [-0.25, -0.2) is 0 Å². The summed E-state index contributed by atoms with van der Waals surface area (Å²) in [5, 5.41) is 0. The van der Waals surface area contributed by atoms with E-state index in [1.54, 1.807) is 7.11 Å². The summed E-state index contributed by atoms with van der Waals surface area (Å²) in [5.74, 6) is 1.63. The lowest BCUT2D eigenvalue weighted by atomic mass is 9.63. The summed E-state index contributed by atoms with van der Waals surface area (Å²) in [6, 6.07) is 8.30. The largest absolute Gasteiger partial charge is 0.497 e. The first-order valence-electron chi connectivity index (χ1n) is 7.24. The molecule has 2 atom stereocenters. The second-order valence-electron chi connectivity index (χ2n) is 7.25. The number of hydrogen-bond acceptors (Lipinski definition) is 2. The van der Waals surface area contributed by atoms with Crippen molar-refractivity contribution in [3.8, 4) is 5.75 Å². The summed E-state index contributed by atoms with van der Waals surface area (Å²) in [7, 11) is 1.71. The third-order valence-corrected chi connectivity index (χ3v) is 4.18. The van der Waals surface area contributed by atoms with Gasteiger partial charge in [-0.05, 0) is 54.7 Å². The summed E-state index contributed by atoms with van der Waals surface area (Å²) in [5.41, 5.74) is 8.27. The molecule has 0 aliphatic heterocycles. The fourth-order valence-corrected chi connectivity index (χ4v) is 4.13. The highest BCUT2D eigenvalue weighted by Crippen LogP contribution is 2.44. The average molecular weight is 261 g/mol. The normalized spacial score (nSPS) is 30.1. The van der Waals surface area contributed by atoms with E-state index >= 15 is 0 Å². The SMILES string of the molecule is COc1cccc(CC2(N)CC(C)CC(C)(C)C2)c1. The Balaban J connectivity index is 2.16. The number of ether oxygens (including phenoxy) is 1. The highest BCUT2D eigenvalue weighted by Gasteiger charge is 2.40. The molecule has 0 bridgehead atoms. The van der Waals surface area contributed by atoms with Crippen LogP contribution in [0.2, 0.25) is 0 Å². The molecule has 0 amide bonds. The molecule has 0 heterocycles. The molecule has 2 rings (SSSR count). The van der Waals surface area contributed by atoms with Crippen LogP contribution in [0.1, 0.15) is 45.6 Å². The zero-order valence-electron chi connectivity index (χ0n) is 12.7. The predicted octanol–water partition coefficient (Wildman–Crippen LogP) is 3.78. The van der Waals surface area contributed by atoms with E-state index < -0.39 is 0 Å². The van der Waals surface area contributed by atoms with Crippen LogP contribution in [0.15, 0.2) is 24.3 Å². The maximum absolute atomic E-state index is 6.71. The standard InChI is InChI=1S/C17H27NO/c1-13-9-16(2,3)12-17(18,10-13)11-14-6-5-7-15(8-14)19-4/h5-8,13H,9-12,18H2,1-4H3. The first-order chi connectivity index (χ1) is 8.82. The minimum atomic E-state index is -0.0759. The first-order valence-corrected chi connectivity index (χ1v) is 7.24. The summed E-state index contributed by atoms with van der Waals surface area (Å²) >= 11 is 0. The van der Waals surface area contributed by atoms with Crippen LogP contribution in [0.25, 0.3) is 0 Å². The lowest BCUT2D eigenvalue weighted by Crippen LogP contribution is -2.50. The van der Waals surface area contributed by atoms with E-state index in [1.807, 2.05) is 6.07 Å². The van der Waals surface area contributed by atoms with Crippen LogP contribution < -0.4 is 10.5 Å². The third kappa shape index (κ3) is 3.73. The minimum Gasteiger partial charge on any atom is -0.497 e. The zero-order valence-corrected chi connectivity index (χ0v) is 12.7. The maximum Gasteiger partial charge on any atom is 0.119 e. The van der Waals surface area contributed by atoms with Crippen LogP contribution in [0, 0.1) is 11.3 Å². The lowest BCUT2D eigenvalue weighted by molar-refractivity contribution is 0.108. The van der Waals surface area contributed by atoms with E-state index in [9.17, 15) is 0 Å². The Labute approximate surface area is 117 Å². The number of hydrogen-bond donors (Lipinski definition) is 1. The Morgan fingerprint density at radius 1 is 1.32 bits per heavy atom. The van der Waals surface area contributed by atoms with Crippen molar-refractivity contribution >= 4 is 0 Å². The average Bonchev–Trinajstić information content (AvgIpc) is 2.25. The van der Waals surface area contributed by atoms with Crippen molar-refractivity contribution in [2.75, 3.05) is 7.11 Å². The fourth-order valence-electron chi connectivity index (χ4n) is 4.13. The topological polar surface area (TPSA) is 35.2 Å². The molecule has 1 saturated carbocycles. The Bertz CT molecular complexity index is 441. The second kappa shape index (κ2) is 5.16. The van der Waals surface area contributed by atoms with Crippen molar-refractivity contribution in [2.45, 2.75) is 52.0 Å². The molecule has 2 unspecified atom stereocenters. The van der Waals surface area contributed by atoms with Crippen LogP contribution in [-0.4, -0.2) is 12.6 Å². The van der Waals surface area contributed by atoms with E-state index in [0.717, 1.165) is 25.0 Å². The van der Waals surface area contributed by atoms with Gasteiger partial charge in [-0.3, -0.25) is 0 Å². The molecule has 106 valence electrons. The van der Waals surface area contributed by atoms with Gasteiger partial charge < -0.3 is 10.5 Å². The van der Waals surface area contributed by atoms with Crippen LogP contribution in [0.5, 0.6) is 5.75 Å². The van der Waals surface area contributed by atoms with Crippen molar-refractivity contribution in [1.29, 1.82) is 0 Å². The van der Waals surface area contributed by atoms with Gasteiger partial charge in [0.15, 0.2) is 0 Å². The fraction of sp³-hybridized carbons (Fsp3) is 0.647. The molecular weight excluding hydrogens is 234 g/mol. The van der Waals surface area contributed by atoms with E-state index in [-0.39, 0.29) is 5.54 Å². The summed E-state index contributed by atoms with van der Waals surface area (Å²) < 4.78 is 5.30. The van der Waals surface area contributed by atoms with Crippen LogP contribution in [0.4, 0.5) is 0 Å². The van der Waals surface area contributed by atoms with Gasteiger partial charge >= 0.3 is 0 Å². The molecule has 1 aliphatic rings. The molecular formula is C17H27NO. The van der Waals surface area contributed by atoms with E-state index in [0.29, 0.717) is 11.3 Å². The van der Waals surface area contributed by atoms with Crippen molar-refractivity contribution in [2.24, 2.45) is 17.1 Å². The van der Waals surface area contributed by atoms with Crippen LogP contribution in [-0.2, 0) is 6.42 Å². The van der Waals surface area contributed by atoms with Gasteiger partial charge in [-0.2, -0.15) is 0 Å². The summed E-state index contributed by atoms with van der Waals surface area (Å²) in [6.45, 7) is 7.01. The highest BCUT2D eigenvalue weighted by molar-refractivity contribution is 5.30. The Morgan fingerprint density at radius 2 is 2.05 bits per heavy atom. The van der Waals surface area contributed by atoms with Crippen LogP contribution in [0.3, 0.4) is 0 Å². The Morgan fingerprint density at radius 3 is 2.68 bits per heavy atom. The van der Waals surface area contributed by atoms with Gasteiger partial charge in [-0.15, -0.1) is 0 Å². The third-order valence-electron chi connectivity index (χ3n) is 4.18. The second-order valence-corrected chi connectivity index (χ2v) is 7.25. The van der Waals surface area contributed by atoms with Gasteiger partial charge in [0.25, 0.3) is 0 Å². The zero-order chi connectivity index (χ0) is 14.1. The maximum atomic E-state index is 6.71. The molecule has 2 heteroatoms. The molecule has 0 spiro atoms. The molecule has 2 nitrogen and oxygen atoms in total. The number of benzene rings is 1. The van der Waals surface area contributed by atoms with Crippen molar-refractivity contribution in [3.63, 3.8) is 0 Å². The van der Waals surface area contributed by atoms with Gasteiger partial charge in [0, 0.05) is 5.54 Å². The number of rotatable bonds is 3. The monoisotopic (exact) mass is 261 g/mol. The van der Waals surface area contributed by atoms with E-state index in [1.165, 1.54) is 12.0 Å².